The molecule has 0 aromatic carbocycles. The molecule has 0 aromatic rings. The lowest BCUT2D eigenvalue weighted by molar-refractivity contribution is -0.129. The van der Waals surface area contributed by atoms with Crippen LogP contribution in [-0.4, -0.2) is 22.7 Å². The van der Waals surface area contributed by atoms with Gasteiger partial charge in [0.05, 0.1) is 11.6 Å². The lowest BCUT2D eigenvalue weighted by Crippen LogP contribution is -2.63. The van der Waals surface area contributed by atoms with Gasteiger partial charge in [-0.2, -0.15) is 0 Å². The number of nitrogens with one attached hydrogen (secondary N) is 1. The van der Waals surface area contributed by atoms with E-state index in [9.17, 15) is 9.90 Å². The van der Waals surface area contributed by atoms with Crippen molar-refractivity contribution in [1.29, 1.82) is 0 Å². The Balaban J connectivity index is 2.18. The highest BCUT2D eigenvalue weighted by Crippen LogP contribution is 2.39. The summed E-state index contributed by atoms with van der Waals surface area (Å²) in [5.41, 5.74) is -0.376. The Morgan fingerprint density at radius 2 is 2.41 bits per heavy atom. The number of rotatable bonds is 3. The summed E-state index contributed by atoms with van der Waals surface area (Å²) in [5.74, 6) is 0.405. The summed E-state index contributed by atoms with van der Waals surface area (Å²) in [4.78, 5) is 11.7. The van der Waals surface area contributed by atoms with E-state index in [0.717, 1.165) is 32.1 Å². The molecule has 0 radical (unpaired) electrons. The van der Waals surface area contributed by atoms with E-state index < -0.39 is 6.10 Å². The molecular weight excluding hydrogens is 214 g/mol. The number of hydrogen-bond donors (Lipinski definition) is 2. The summed E-state index contributed by atoms with van der Waals surface area (Å²) in [5, 5.41) is 13.4. The lowest BCUT2D eigenvalue weighted by atomic mass is 9.68. The lowest BCUT2D eigenvalue weighted by Gasteiger charge is -2.48. The molecule has 1 saturated heterocycles. The first-order valence-corrected chi connectivity index (χ1v) is 6.85. The zero-order valence-corrected chi connectivity index (χ0v) is 10.6. The van der Waals surface area contributed by atoms with Crippen LogP contribution in [0.4, 0.5) is 0 Å². The molecule has 1 aliphatic heterocycles. The molecule has 3 heteroatoms. The molecule has 1 unspecified atom stereocenters. The van der Waals surface area contributed by atoms with Crippen LogP contribution < -0.4 is 5.32 Å². The van der Waals surface area contributed by atoms with Gasteiger partial charge in [-0.3, -0.25) is 4.79 Å². The van der Waals surface area contributed by atoms with Crippen molar-refractivity contribution in [1.82, 2.24) is 5.32 Å². The van der Waals surface area contributed by atoms with Gasteiger partial charge in [0, 0.05) is 12.3 Å². The van der Waals surface area contributed by atoms with E-state index in [0.29, 0.717) is 18.8 Å². The Morgan fingerprint density at radius 3 is 3.12 bits per heavy atom. The highest BCUT2D eigenvalue weighted by atomic mass is 16.3. The number of carbonyl (C=O) groups excluding carboxylic acids is 1. The van der Waals surface area contributed by atoms with Crippen molar-refractivity contribution in [2.45, 2.75) is 63.5 Å². The second kappa shape index (κ2) is 5.21. The molecule has 3 nitrogen and oxygen atoms in total. The molecule has 2 rings (SSSR count). The van der Waals surface area contributed by atoms with Crippen molar-refractivity contribution in [3.63, 3.8) is 0 Å². The Morgan fingerprint density at radius 1 is 1.59 bits per heavy atom. The maximum atomic E-state index is 11.7. The van der Waals surface area contributed by atoms with Crippen LogP contribution in [0.2, 0.25) is 0 Å². The van der Waals surface area contributed by atoms with Gasteiger partial charge in [-0.25, -0.2) is 0 Å². The Hall–Kier alpha value is -0.830. The maximum Gasteiger partial charge on any atom is 0.220 e. The fourth-order valence-corrected chi connectivity index (χ4v) is 3.23. The average molecular weight is 237 g/mol. The van der Waals surface area contributed by atoms with E-state index in [-0.39, 0.29) is 11.4 Å². The third-order valence-electron chi connectivity index (χ3n) is 4.22. The summed E-state index contributed by atoms with van der Waals surface area (Å²) in [6.07, 6.45) is 10.3. The molecule has 17 heavy (non-hydrogen) atoms. The SMILES string of the molecule is CCCC[C@@H]1C=CCC(O)[C@]12CCCC(=O)N2. The fourth-order valence-electron chi connectivity index (χ4n) is 3.23. The minimum absolute atomic E-state index is 0.104. The molecule has 2 aliphatic rings. The molecule has 2 N–H and O–H groups in total. The highest BCUT2D eigenvalue weighted by molar-refractivity contribution is 5.78. The molecule has 0 aromatic heterocycles. The topological polar surface area (TPSA) is 49.3 Å². The number of aliphatic hydroxyl groups excluding tert-OH is 1. The van der Waals surface area contributed by atoms with Gasteiger partial charge in [0.1, 0.15) is 0 Å². The highest BCUT2D eigenvalue weighted by Gasteiger charge is 2.47. The van der Waals surface area contributed by atoms with Crippen LogP contribution in [0.15, 0.2) is 12.2 Å². The van der Waals surface area contributed by atoms with Crippen molar-refractivity contribution in [3.8, 4) is 0 Å². The smallest absolute Gasteiger partial charge is 0.220 e. The van der Waals surface area contributed by atoms with Crippen LogP contribution in [0.5, 0.6) is 0 Å². The van der Waals surface area contributed by atoms with Crippen LogP contribution in [0.25, 0.3) is 0 Å². The molecule has 1 amide bonds. The van der Waals surface area contributed by atoms with Gasteiger partial charge in [0.15, 0.2) is 0 Å². The molecule has 1 heterocycles. The van der Waals surface area contributed by atoms with Gasteiger partial charge in [0.25, 0.3) is 0 Å². The van der Waals surface area contributed by atoms with E-state index in [1.54, 1.807) is 0 Å². The van der Waals surface area contributed by atoms with Crippen molar-refractivity contribution >= 4 is 5.91 Å². The van der Waals surface area contributed by atoms with Gasteiger partial charge in [0.2, 0.25) is 5.91 Å². The van der Waals surface area contributed by atoms with Crippen molar-refractivity contribution in [2.75, 3.05) is 0 Å². The van der Waals surface area contributed by atoms with Crippen LogP contribution in [0.3, 0.4) is 0 Å². The maximum absolute atomic E-state index is 11.7. The van der Waals surface area contributed by atoms with Gasteiger partial charge < -0.3 is 10.4 Å². The number of piperidine rings is 1. The summed E-state index contributed by atoms with van der Waals surface area (Å²) >= 11 is 0. The molecule has 96 valence electrons. The molecule has 0 saturated carbocycles. The predicted molar refractivity (Wildman–Crippen MR) is 67.5 cm³/mol. The summed E-state index contributed by atoms with van der Waals surface area (Å²) in [6.45, 7) is 2.18. The zero-order valence-electron chi connectivity index (χ0n) is 10.6. The van der Waals surface area contributed by atoms with Crippen LogP contribution in [0.1, 0.15) is 51.9 Å². The summed E-state index contributed by atoms with van der Waals surface area (Å²) < 4.78 is 0. The van der Waals surface area contributed by atoms with E-state index in [4.69, 9.17) is 0 Å². The van der Waals surface area contributed by atoms with Crippen molar-refractivity contribution < 1.29 is 9.90 Å². The van der Waals surface area contributed by atoms with Gasteiger partial charge in [-0.05, 0) is 25.7 Å². The normalized spacial score (nSPS) is 37.2. The third kappa shape index (κ3) is 2.39. The molecule has 1 spiro atoms. The van der Waals surface area contributed by atoms with E-state index >= 15 is 0 Å². The van der Waals surface area contributed by atoms with Crippen molar-refractivity contribution in [3.05, 3.63) is 12.2 Å². The molecule has 1 fully saturated rings. The first kappa shape index (κ1) is 12.6. The van der Waals surface area contributed by atoms with Crippen molar-refractivity contribution in [2.24, 2.45) is 5.92 Å². The molecule has 1 aliphatic carbocycles. The fraction of sp³-hybridized carbons (Fsp3) is 0.786. The Kier molecular flexibility index (Phi) is 3.87. The van der Waals surface area contributed by atoms with E-state index in [2.05, 4.69) is 24.4 Å². The van der Waals surface area contributed by atoms with Crippen LogP contribution in [0, 0.1) is 5.92 Å². The minimum atomic E-state index is -0.418. The van der Waals surface area contributed by atoms with Crippen LogP contribution in [-0.2, 0) is 4.79 Å². The standard InChI is InChI=1S/C14H23NO2/c1-2-3-6-11-7-4-8-12(16)14(11)10-5-9-13(17)15-14/h4,7,11-12,16H,2-3,5-6,8-10H2,1H3,(H,15,17)/t11-,12?,14+/m1/s1. The van der Waals surface area contributed by atoms with Gasteiger partial charge >= 0.3 is 0 Å². The molecular formula is C14H23NO2. The van der Waals surface area contributed by atoms with E-state index in [1.165, 1.54) is 0 Å². The summed E-state index contributed by atoms with van der Waals surface area (Å²) in [7, 11) is 0. The van der Waals surface area contributed by atoms with E-state index in [1.807, 2.05) is 0 Å². The number of hydrogen-bond acceptors (Lipinski definition) is 2. The number of aliphatic hydroxyl groups is 1. The summed E-state index contributed by atoms with van der Waals surface area (Å²) in [6, 6.07) is 0. The number of carbonyl (C=O) groups is 1. The molecule has 3 atom stereocenters. The first-order chi connectivity index (χ1) is 8.19. The second-order valence-electron chi connectivity index (χ2n) is 5.37. The quantitative estimate of drug-likeness (QED) is 0.739. The molecule has 0 bridgehead atoms. The average Bonchev–Trinajstić information content (AvgIpc) is 2.31. The number of amides is 1. The second-order valence-corrected chi connectivity index (χ2v) is 5.37. The zero-order chi connectivity index (χ0) is 12.3. The van der Waals surface area contributed by atoms with Gasteiger partial charge in [-0.1, -0.05) is 31.9 Å². The van der Waals surface area contributed by atoms with Gasteiger partial charge in [-0.15, -0.1) is 0 Å². The Labute approximate surface area is 103 Å². The minimum Gasteiger partial charge on any atom is -0.390 e. The monoisotopic (exact) mass is 237 g/mol. The largest absolute Gasteiger partial charge is 0.390 e. The number of unbranched alkanes of at least 4 members (excludes halogenated alkanes) is 1. The van der Waals surface area contributed by atoms with Crippen LogP contribution >= 0.6 is 0 Å². The predicted octanol–water partition coefficient (Wildman–Crippen LogP) is 2.15. The third-order valence-corrected chi connectivity index (χ3v) is 4.22. The first-order valence-electron chi connectivity index (χ1n) is 6.85. The Bertz CT molecular complexity index is 313.